The molecule has 0 radical (unpaired) electrons. The number of nitrogens with zero attached hydrogens (tertiary/aromatic N) is 2. The molecule has 1 N–H and O–H groups in total. The molecule has 1 aromatic heterocycles. The maximum Gasteiger partial charge on any atom is 0.257 e. The zero-order chi connectivity index (χ0) is 12.2. The lowest BCUT2D eigenvalue weighted by atomic mass is 10.0. The lowest BCUT2D eigenvalue weighted by Gasteiger charge is -2.24. The summed E-state index contributed by atoms with van der Waals surface area (Å²) in [5, 5.41) is 2.90. The van der Waals surface area contributed by atoms with Crippen LogP contribution in [0.2, 0.25) is 5.15 Å². The van der Waals surface area contributed by atoms with Gasteiger partial charge in [0.1, 0.15) is 22.9 Å². The summed E-state index contributed by atoms with van der Waals surface area (Å²) in [4.78, 5) is 19.5. The first-order chi connectivity index (χ1) is 7.51. The molecule has 1 heterocycles. The van der Waals surface area contributed by atoms with Crippen LogP contribution in [0.25, 0.3) is 0 Å². The number of rotatable bonds is 4. The molecular formula is C10H14ClN3O2. The van der Waals surface area contributed by atoms with Gasteiger partial charge in [-0.1, -0.05) is 18.5 Å². The molecule has 0 saturated carbocycles. The number of hydrogen-bond acceptors (Lipinski definition) is 4. The number of methoxy groups -OCH3 is 1. The number of carbonyl (C=O) groups is 1. The Morgan fingerprint density at radius 1 is 1.62 bits per heavy atom. The van der Waals surface area contributed by atoms with Crippen LogP contribution in [0, 0.1) is 0 Å². The number of carbonyl (C=O) groups excluding carboxylic acids is 1. The monoisotopic (exact) mass is 243 g/mol. The van der Waals surface area contributed by atoms with E-state index in [0.717, 1.165) is 0 Å². The summed E-state index contributed by atoms with van der Waals surface area (Å²) in [6, 6.07) is 1.48. The third-order valence-corrected chi connectivity index (χ3v) is 2.69. The summed E-state index contributed by atoms with van der Waals surface area (Å²) in [7, 11) is 1.50. The van der Waals surface area contributed by atoms with E-state index in [1.165, 1.54) is 19.5 Å². The Hall–Kier alpha value is -1.20. The van der Waals surface area contributed by atoms with Crippen LogP contribution >= 0.6 is 11.6 Å². The number of halogens is 1. The Labute approximate surface area is 99.2 Å². The molecule has 1 aromatic rings. The van der Waals surface area contributed by atoms with Crippen LogP contribution in [0.3, 0.4) is 0 Å². The minimum absolute atomic E-state index is 0.257. The van der Waals surface area contributed by atoms with Gasteiger partial charge >= 0.3 is 0 Å². The smallest absolute Gasteiger partial charge is 0.257 e. The Bertz CT molecular complexity index is 380. The largest absolute Gasteiger partial charge is 0.369 e. The summed E-state index contributed by atoms with van der Waals surface area (Å²) in [6.07, 6.45) is 1.85. The lowest BCUT2D eigenvalue weighted by molar-refractivity contribution is -0.136. The first-order valence-electron chi connectivity index (χ1n) is 4.86. The van der Waals surface area contributed by atoms with E-state index >= 15 is 0 Å². The maximum atomic E-state index is 11.9. The van der Waals surface area contributed by atoms with E-state index in [0.29, 0.717) is 12.2 Å². The third kappa shape index (κ3) is 2.90. The van der Waals surface area contributed by atoms with Crippen molar-refractivity contribution < 1.29 is 9.53 Å². The second-order valence-corrected chi connectivity index (χ2v) is 3.86. The molecule has 1 atom stereocenters. The van der Waals surface area contributed by atoms with Crippen molar-refractivity contribution in [1.29, 1.82) is 0 Å². The van der Waals surface area contributed by atoms with E-state index < -0.39 is 5.60 Å². The van der Waals surface area contributed by atoms with E-state index in [2.05, 4.69) is 15.3 Å². The number of aromatic nitrogens is 2. The summed E-state index contributed by atoms with van der Waals surface area (Å²) in [6.45, 7) is 3.58. The van der Waals surface area contributed by atoms with Gasteiger partial charge in [0.2, 0.25) is 0 Å². The van der Waals surface area contributed by atoms with Crippen molar-refractivity contribution in [2.75, 3.05) is 12.4 Å². The van der Waals surface area contributed by atoms with Gasteiger partial charge in [-0.25, -0.2) is 9.97 Å². The van der Waals surface area contributed by atoms with Crippen LogP contribution in [0.4, 0.5) is 5.82 Å². The maximum absolute atomic E-state index is 11.9. The standard InChI is InChI=1S/C10H14ClN3O2/c1-4-10(2,16-3)9(15)14-8-5-7(11)12-6-13-8/h5-6H,4H2,1-3H3,(H,12,13,14,15). The van der Waals surface area contributed by atoms with E-state index in [1.54, 1.807) is 6.92 Å². The van der Waals surface area contributed by atoms with Crippen molar-refractivity contribution in [3.63, 3.8) is 0 Å². The van der Waals surface area contributed by atoms with E-state index in [-0.39, 0.29) is 11.1 Å². The molecule has 0 saturated heterocycles. The molecule has 5 nitrogen and oxygen atoms in total. The van der Waals surface area contributed by atoms with Gasteiger partial charge in [0.15, 0.2) is 0 Å². The molecule has 0 aliphatic carbocycles. The molecule has 0 aliphatic rings. The third-order valence-electron chi connectivity index (χ3n) is 2.48. The summed E-state index contributed by atoms with van der Waals surface area (Å²) >= 11 is 5.68. The fourth-order valence-electron chi connectivity index (χ4n) is 1.05. The molecule has 0 aliphatic heterocycles. The summed E-state index contributed by atoms with van der Waals surface area (Å²) in [5.74, 6) is 0.106. The van der Waals surface area contributed by atoms with Crippen molar-refractivity contribution in [1.82, 2.24) is 9.97 Å². The molecule has 1 amide bonds. The van der Waals surface area contributed by atoms with Crippen LogP contribution in [0.1, 0.15) is 20.3 Å². The predicted octanol–water partition coefficient (Wildman–Crippen LogP) is 1.88. The van der Waals surface area contributed by atoms with E-state index in [9.17, 15) is 4.79 Å². The quantitative estimate of drug-likeness (QED) is 0.821. The highest BCUT2D eigenvalue weighted by atomic mass is 35.5. The Morgan fingerprint density at radius 2 is 2.31 bits per heavy atom. The second kappa shape index (κ2) is 5.23. The summed E-state index contributed by atoms with van der Waals surface area (Å²) < 4.78 is 5.16. The Balaban J connectivity index is 2.78. The highest BCUT2D eigenvalue weighted by Crippen LogP contribution is 2.17. The number of ether oxygens (including phenoxy) is 1. The zero-order valence-corrected chi connectivity index (χ0v) is 10.2. The van der Waals surface area contributed by atoms with Crippen LogP contribution in [-0.4, -0.2) is 28.6 Å². The van der Waals surface area contributed by atoms with Crippen LogP contribution in [-0.2, 0) is 9.53 Å². The molecule has 1 rings (SSSR count). The summed E-state index contributed by atoms with van der Waals surface area (Å²) in [5.41, 5.74) is -0.864. The lowest BCUT2D eigenvalue weighted by Crippen LogP contribution is -2.41. The highest BCUT2D eigenvalue weighted by molar-refractivity contribution is 6.29. The minimum Gasteiger partial charge on any atom is -0.369 e. The van der Waals surface area contributed by atoms with Gasteiger partial charge in [0, 0.05) is 13.2 Å². The Morgan fingerprint density at radius 3 is 2.81 bits per heavy atom. The van der Waals surface area contributed by atoms with Crippen LogP contribution in [0.15, 0.2) is 12.4 Å². The van der Waals surface area contributed by atoms with Crippen molar-refractivity contribution in [2.45, 2.75) is 25.9 Å². The number of nitrogens with one attached hydrogen (secondary N) is 1. The van der Waals surface area contributed by atoms with Crippen molar-refractivity contribution in [3.8, 4) is 0 Å². The van der Waals surface area contributed by atoms with Gasteiger partial charge < -0.3 is 10.1 Å². The molecular weight excluding hydrogens is 230 g/mol. The van der Waals surface area contributed by atoms with Gasteiger partial charge in [-0.05, 0) is 13.3 Å². The van der Waals surface area contributed by atoms with Crippen molar-refractivity contribution >= 4 is 23.3 Å². The SMILES string of the molecule is CCC(C)(OC)C(=O)Nc1cc(Cl)ncn1. The normalized spacial score (nSPS) is 14.2. The molecule has 0 aromatic carbocycles. The van der Waals surface area contributed by atoms with Crippen LogP contribution in [0.5, 0.6) is 0 Å². The van der Waals surface area contributed by atoms with Gasteiger partial charge in [0.05, 0.1) is 0 Å². The molecule has 0 spiro atoms. The first-order valence-corrected chi connectivity index (χ1v) is 5.24. The van der Waals surface area contributed by atoms with Gasteiger partial charge in [-0.15, -0.1) is 0 Å². The molecule has 16 heavy (non-hydrogen) atoms. The average Bonchev–Trinajstić information content (AvgIpc) is 2.28. The molecule has 0 fully saturated rings. The molecule has 0 bridgehead atoms. The highest BCUT2D eigenvalue weighted by Gasteiger charge is 2.31. The average molecular weight is 244 g/mol. The van der Waals surface area contributed by atoms with Gasteiger partial charge in [0.25, 0.3) is 5.91 Å². The van der Waals surface area contributed by atoms with Crippen molar-refractivity contribution in [2.24, 2.45) is 0 Å². The van der Waals surface area contributed by atoms with Gasteiger partial charge in [-0.3, -0.25) is 4.79 Å². The van der Waals surface area contributed by atoms with E-state index in [1.807, 2.05) is 6.92 Å². The van der Waals surface area contributed by atoms with Gasteiger partial charge in [-0.2, -0.15) is 0 Å². The second-order valence-electron chi connectivity index (χ2n) is 3.47. The number of amides is 1. The molecule has 6 heteroatoms. The fraction of sp³-hybridized carbons (Fsp3) is 0.500. The first kappa shape index (κ1) is 12.9. The molecule has 88 valence electrons. The zero-order valence-electron chi connectivity index (χ0n) is 9.45. The topological polar surface area (TPSA) is 64.1 Å². The Kier molecular flexibility index (Phi) is 4.20. The van der Waals surface area contributed by atoms with Crippen molar-refractivity contribution in [3.05, 3.63) is 17.5 Å². The minimum atomic E-state index is -0.864. The van der Waals surface area contributed by atoms with E-state index in [4.69, 9.17) is 16.3 Å². The van der Waals surface area contributed by atoms with Crippen LogP contribution < -0.4 is 5.32 Å². The predicted molar refractivity (Wildman–Crippen MR) is 61.4 cm³/mol. The number of hydrogen-bond donors (Lipinski definition) is 1. The molecule has 1 unspecified atom stereocenters. The number of anilines is 1. The fourth-order valence-corrected chi connectivity index (χ4v) is 1.20.